The Balaban J connectivity index is 1.93. The Bertz CT molecular complexity index is 569. The largest absolute Gasteiger partial charge is 0.452 e. The molecule has 1 aromatic carbocycles. The molecule has 120 valence electrons. The van der Waals surface area contributed by atoms with E-state index in [4.69, 9.17) is 32.7 Å². The lowest BCUT2D eigenvalue weighted by atomic mass is 10.2. The molecule has 7 heteroatoms. The lowest BCUT2D eigenvalue weighted by Gasteiger charge is -2.35. The van der Waals surface area contributed by atoms with Gasteiger partial charge < -0.3 is 14.4 Å². The second-order valence-corrected chi connectivity index (χ2v) is 6.10. The zero-order chi connectivity index (χ0) is 16.3. The van der Waals surface area contributed by atoms with Crippen molar-refractivity contribution in [2.45, 2.75) is 26.1 Å². The minimum atomic E-state index is -0.671. The molecule has 0 saturated carbocycles. The summed E-state index contributed by atoms with van der Waals surface area (Å²) in [7, 11) is 0. The maximum atomic E-state index is 12.1. The van der Waals surface area contributed by atoms with Gasteiger partial charge in [0.25, 0.3) is 5.91 Å². The number of hydrogen-bond acceptors (Lipinski definition) is 4. The fourth-order valence-electron chi connectivity index (χ4n) is 2.33. The van der Waals surface area contributed by atoms with Gasteiger partial charge in [-0.2, -0.15) is 0 Å². The van der Waals surface area contributed by atoms with Crippen LogP contribution in [-0.2, 0) is 14.3 Å². The number of benzene rings is 1. The molecule has 0 aliphatic carbocycles. The molecular formula is C15H17Cl2NO4. The van der Waals surface area contributed by atoms with Gasteiger partial charge in [-0.25, -0.2) is 4.79 Å². The van der Waals surface area contributed by atoms with Crippen LogP contribution in [-0.4, -0.2) is 48.7 Å². The van der Waals surface area contributed by atoms with Crippen LogP contribution in [0.4, 0.5) is 0 Å². The van der Waals surface area contributed by atoms with E-state index in [0.717, 1.165) is 0 Å². The molecule has 1 heterocycles. The first-order chi connectivity index (χ1) is 10.4. The monoisotopic (exact) mass is 345 g/mol. The van der Waals surface area contributed by atoms with Crippen LogP contribution in [0.3, 0.4) is 0 Å². The summed E-state index contributed by atoms with van der Waals surface area (Å²) < 4.78 is 10.6. The van der Waals surface area contributed by atoms with Crippen molar-refractivity contribution in [2.75, 3.05) is 19.7 Å². The summed E-state index contributed by atoms with van der Waals surface area (Å²) in [5.41, 5.74) is 0.144. The average Bonchev–Trinajstić information content (AvgIpc) is 2.45. The van der Waals surface area contributed by atoms with Crippen molar-refractivity contribution in [3.8, 4) is 0 Å². The van der Waals surface area contributed by atoms with Crippen molar-refractivity contribution >= 4 is 35.1 Å². The Morgan fingerprint density at radius 2 is 1.91 bits per heavy atom. The van der Waals surface area contributed by atoms with Crippen LogP contribution in [0.2, 0.25) is 10.0 Å². The van der Waals surface area contributed by atoms with Crippen molar-refractivity contribution in [3.63, 3.8) is 0 Å². The number of esters is 1. The molecule has 0 N–H and O–H groups in total. The number of carbonyl (C=O) groups excluding carboxylic acids is 2. The molecule has 0 radical (unpaired) electrons. The molecule has 0 spiro atoms. The van der Waals surface area contributed by atoms with Gasteiger partial charge in [0.15, 0.2) is 6.61 Å². The molecule has 22 heavy (non-hydrogen) atoms. The minimum Gasteiger partial charge on any atom is -0.452 e. The smallest absolute Gasteiger partial charge is 0.340 e. The molecule has 0 bridgehead atoms. The third-order valence-electron chi connectivity index (χ3n) is 3.25. The van der Waals surface area contributed by atoms with Crippen LogP contribution >= 0.6 is 23.2 Å². The van der Waals surface area contributed by atoms with Gasteiger partial charge in [0.05, 0.1) is 22.8 Å². The fraction of sp³-hybridized carbons (Fsp3) is 0.467. The van der Waals surface area contributed by atoms with E-state index in [0.29, 0.717) is 18.1 Å². The van der Waals surface area contributed by atoms with E-state index in [2.05, 4.69) is 0 Å². The van der Waals surface area contributed by atoms with Crippen LogP contribution < -0.4 is 0 Å². The number of rotatable bonds is 3. The third-order valence-corrected chi connectivity index (χ3v) is 3.81. The summed E-state index contributed by atoms with van der Waals surface area (Å²) in [6.45, 7) is 4.43. The normalized spacial score (nSPS) is 21.5. The molecule has 2 atom stereocenters. The number of amides is 1. The van der Waals surface area contributed by atoms with Crippen molar-refractivity contribution in [1.82, 2.24) is 4.90 Å². The van der Waals surface area contributed by atoms with E-state index in [-0.39, 0.29) is 35.3 Å². The topological polar surface area (TPSA) is 55.8 Å². The van der Waals surface area contributed by atoms with E-state index in [1.165, 1.54) is 12.1 Å². The number of nitrogens with zero attached hydrogens (tertiary/aromatic N) is 1. The second-order valence-electron chi connectivity index (χ2n) is 5.26. The average molecular weight is 346 g/mol. The summed E-state index contributed by atoms with van der Waals surface area (Å²) in [5, 5.41) is 0.606. The van der Waals surface area contributed by atoms with Gasteiger partial charge >= 0.3 is 5.97 Å². The highest BCUT2D eigenvalue weighted by molar-refractivity contribution is 6.35. The Labute approximate surface area is 139 Å². The highest BCUT2D eigenvalue weighted by Crippen LogP contribution is 2.21. The molecule has 1 aliphatic heterocycles. The Kier molecular flexibility index (Phi) is 5.67. The first-order valence-corrected chi connectivity index (χ1v) is 7.68. The SMILES string of the molecule is C[C@H]1CN(C(=O)COC(=O)c2cc(Cl)ccc2Cl)C[C@H](C)O1. The zero-order valence-corrected chi connectivity index (χ0v) is 13.9. The van der Waals surface area contributed by atoms with Gasteiger partial charge in [-0.3, -0.25) is 4.79 Å². The number of halogens is 2. The molecule has 2 rings (SSSR count). The third kappa shape index (κ3) is 4.35. The fourth-order valence-corrected chi connectivity index (χ4v) is 2.70. The first kappa shape index (κ1) is 17.1. The maximum Gasteiger partial charge on any atom is 0.340 e. The van der Waals surface area contributed by atoms with Gasteiger partial charge in [-0.05, 0) is 32.0 Å². The predicted octanol–water partition coefficient (Wildman–Crippen LogP) is 2.79. The van der Waals surface area contributed by atoms with Gasteiger partial charge in [-0.1, -0.05) is 23.2 Å². The number of ether oxygens (including phenoxy) is 2. The Morgan fingerprint density at radius 3 is 2.55 bits per heavy atom. The van der Waals surface area contributed by atoms with Crippen LogP contribution in [0.15, 0.2) is 18.2 Å². The van der Waals surface area contributed by atoms with Crippen LogP contribution in [0.1, 0.15) is 24.2 Å². The number of morpholine rings is 1. The van der Waals surface area contributed by atoms with E-state index < -0.39 is 5.97 Å². The summed E-state index contributed by atoms with van der Waals surface area (Å²) in [5.74, 6) is -0.927. The number of carbonyl (C=O) groups is 2. The summed E-state index contributed by atoms with van der Waals surface area (Å²) in [4.78, 5) is 25.7. The lowest BCUT2D eigenvalue weighted by molar-refractivity contribution is -0.146. The Hall–Kier alpha value is -1.30. The molecular weight excluding hydrogens is 329 g/mol. The highest BCUT2D eigenvalue weighted by Gasteiger charge is 2.26. The van der Waals surface area contributed by atoms with Gasteiger partial charge in [-0.15, -0.1) is 0 Å². The number of hydrogen-bond donors (Lipinski definition) is 0. The van der Waals surface area contributed by atoms with Gasteiger partial charge in [0.1, 0.15) is 0 Å². The van der Waals surface area contributed by atoms with Crippen LogP contribution in [0, 0.1) is 0 Å². The molecule has 0 unspecified atom stereocenters. The Morgan fingerprint density at radius 1 is 1.27 bits per heavy atom. The highest BCUT2D eigenvalue weighted by atomic mass is 35.5. The molecule has 1 amide bonds. The summed E-state index contributed by atoms with van der Waals surface area (Å²) >= 11 is 11.7. The summed E-state index contributed by atoms with van der Waals surface area (Å²) in [6.07, 6.45) is -0.0726. The molecule has 1 aromatic rings. The zero-order valence-electron chi connectivity index (χ0n) is 12.3. The van der Waals surface area contributed by atoms with E-state index in [9.17, 15) is 9.59 Å². The molecule has 1 aliphatic rings. The molecule has 1 fully saturated rings. The molecule has 0 aromatic heterocycles. The minimum absolute atomic E-state index is 0.0363. The van der Waals surface area contributed by atoms with Crippen LogP contribution in [0.5, 0.6) is 0 Å². The maximum absolute atomic E-state index is 12.1. The van der Waals surface area contributed by atoms with Crippen molar-refractivity contribution in [2.24, 2.45) is 0 Å². The van der Waals surface area contributed by atoms with E-state index >= 15 is 0 Å². The quantitative estimate of drug-likeness (QED) is 0.790. The van der Waals surface area contributed by atoms with Crippen LogP contribution in [0.25, 0.3) is 0 Å². The lowest BCUT2D eigenvalue weighted by Crippen LogP contribution is -2.49. The van der Waals surface area contributed by atoms with E-state index in [1.807, 2.05) is 13.8 Å². The molecule has 5 nitrogen and oxygen atoms in total. The van der Waals surface area contributed by atoms with Gasteiger partial charge in [0.2, 0.25) is 0 Å². The van der Waals surface area contributed by atoms with Crippen molar-refractivity contribution in [3.05, 3.63) is 33.8 Å². The van der Waals surface area contributed by atoms with Gasteiger partial charge in [0, 0.05) is 18.1 Å². The summed E-state index contributed by atoms with van der Waals surface area (Å²) in [6, 6.07) is 4.49. The van der Waals surface area contributed by atoms with Crippen molar-refractivity contribution in [1.29, 1.82) is 0 Å². The van der Waals surface area contributed by atoms with Crippen molar-refractivity contribution < 1.29 is 19.1 Å². The second kappa shape index (κ2) is 7.31. The molecule has 1 saturated heterocycles. The standard InChI is InChI=1S/C15H17Cl2NO4/c1-9-6-18(7-10(2)22-9)14(19)8-21-15(20)12-5-11(16)3-4-13(12)17/h3-5,9-10H,6-8H2,1-2H3/t9-,10-/m0/s1. The first-order valence-electron chi connectivity index (χ1n) is 6.92. The predicted molar refractivity (Wildman–Crippen MR) is 83.3 cm³/mol. The van der Waals surface area contributed by atoms with E-state index in [1.54, 1.807) is 11.0 Å².